The summed E-state index contributed by atoms with van der Waals surface area (Å²) in [6.45, 7) is 8.90. The summed E-state index contributed by atoms with van der Waals surface area (Å²) in [7, 11) is 0. The summed E-state index contributed by atoms with van der Waals surface area (Å²) in [5, 5.41) is 13.7. The van der Waals surface area contributed by atoms with Crippen molar-refractivity contribution in [1.82, 2.24) is 0 Å². The molecule has 0 heterocycles. The molecule has 0 aliphatic heterocycles. The van der Waals surface area contributed by atoms with Gasteiger partial charge >= 0.3 is 0 Å². The molecule has 0 fully saturated rings. The number of para-hydroxylation sites is 2. The molecule has 0 saturated carbocycles. The molecule has 32 heavy (non-hydrogen) atoms. The number of aryl methyl sites for hydroxylation is 3. The molecule has 0 radical (unpaired) electrons. The molecular weight excluding hydrogens is 394 g/mol. The molecule has 3 heteroatoms. The molecule has 0 unspecified atom stereocenters. The number of phenols is 1. The molecule has 0 saturated heterocycles. The van der Waals surface area contributed by atoms with Gasteiger partial charge in [-0.15, -0.1) is 0 Å². The summed E-state index contributed by atoms with van der Waals surface area (Å²) < 4.78 is 6.55. The predicted molar refractivity (Wildman–Crippen MR) is 133 cm³/mol. The third kappa shape index (κ3) is 4.33. The first kappa shape index (κ1) is 21.5. The van der Waals surface area contributed by atoms with Crippen LogP contribution in [0.4, 0.5) is 5.69 Å². The van der Waals surface area contributed by atoms with Gasteiger partial charge in [-0.25, -0.2) is 0 Å². The molecule has 4 aromatic rings. The van der Waals surface area contributed by atoms with E-state index in [2.05, 4.69) is 69.4 Å². The van der Waals surface area contributed by atoms with E-state index in [1.807, 2.05) is 36.4 Å². The SMILES string of the molecule is Cc1ccccc1Oc1c(C)c(-c2ccccc2C)cc(C)c1NCc1ccccc1O. The van der Waals surface area contributed by atoms with Crippen molar-refractivity contribution in [2.75, 3.05) is 5.32 Å². The maximum absolute atomic E-state index is 10.2. The van der Waals surface area contributed by atoms with E-state index in [4.69, 9.17) is 4.74 Å². The summed E-state index contributed by atoms with van der Waals surface area (Å²) in [6, 6.07) is 26.1. The number of nitrogens with one attached hydrogen (secondary N) is 1. The van der Waals surface area contributed by atoms with Crippen molar-refractivity contribution in [2.24, 2.45) is 0 Å². The maximum atomic E-state index is 10.2. The van der Waals surface area contributed by atoms with Gasteiger partial charge in [0.25, 0.3) is 0 Å². The molecule has 4 rings (SSSR count). The first-order valence-corrected chi connectivity index (χ1v) is 10.9. The number of aromatic hydroxyl groups is 1. The number of rotatable bonds is 6. The van der Waals surface area contributed by atoms with Gasteiger partial charge in [0.15, 0.2) is 5.75 Å². The zero-order valence-electron chi connectivity index (χ0n) is 19.1. The Morgan fingerprint density at radius 3 is 2.09 bits per heavy atom. The summed E-state index contributed by atoms with van der Waals surface area (Å²) in [4.78, 5) is 0. The minimum Gasteiger partial charge on any atom is -0.508 e. The van der Waals surface area contributed by atoms with Gasteiger partial charge in [-0.2, -0.15) is 0 Å². The van der Waals surface area contributed by atoms with Gasteiger partial charge in [-0.3, -0.25) is 0 Å². The molecule has 3 nitrogen and oxygen atoms in total. The Hall–Kier alpha value is -3.72. The van der Waals surface area contributed by atoms with Crippen LogP contribution in [0.2, 0.25) is 0 Å². The Balaban J connectivity index is 1.82. The first-order valence-electron chi connectivity index (χ1n) is 10.9. The molecule has 0 aliphatic carbocycles. The van der Waals surface area contributed by atoms with Gasteiger partial charge in [0, 0.05) is 17.7 Å². The zero-order valence-corrected chi connectivity index (χ0v) is 19.1. The number of ether oxygens (including phenoxy) is 1. The van der Waals surface area contributed by atoms with Crippen molar-refractivity contribution in [3.8, 4) is 28.4 Å². The van der Waals surface area contributed by atoms with Gasteiger partial charge in [0.1, 0.15) is 11.5 Å². The van der Waals surface area contributed by atoms with Crippen LogP contribution in [0.1, 0.15) is 27.8 Å². The minimum atomic E-state index is 0.285. The molecule has 0 atom stereocenters. The lowest BCUT2D eigenvalue weighted by Gasteiger charge is -2.22. The van der Waals surface area contributed by atoms with Crippen LogP contribution in [0.3, 0.4) is 0 Å². The second-order valence-corrected chi connectivity index (χ2v) is 8.23. The van der Waals surface area contributed by atoms with Crippen molar-refractivity contribution in [3.05, 3.63) is 107 Å². The highest BCUT2D eigenvalue weighted by molar-refractivity contribution is 5.80. The summed E-state index contributed by atoms with van der Waals surface area (Å²) >= 11 is 0. The van der Waals surface area contributed by atoms with Crippen LogP contribution >= 0.6 is 0 Å². The van der Waals surface area contributed by atoms with E-state index in [1.165, 1.54) is 11.1 Å². The molecule has 2 N–H and O–H groups in total. The Bertz CT molecular complexity index is 1260. The predicted octanol–water partition coefficient (Wildman–Crippen LogP) is 7.70. The molecule has 0 amide bonds. The highest BCUT2D eigenvalue weighted by Crippen LogP contribution is 2.43. The Morgan fingerprint density at radius 1 is 0.719 bits per heavy atom. The fourth-order valence-electron chi connectivity index (χ4n) is 4.01. The second kappa shape index (κ2) is 9.19. The summed E-state index contributed by atoms with van der Waals surface area (Å²) in [5.74, 6) is 1.93. The molecule has 0 aromatic heterocycles. The third-order valence-electron chi connectivity index (χ3n) is 5.91. The van der Waals surface area contributed by atoms with E-state index >= 15 is 0 Å². The average Bonchev–Trinajstić information content (AvgIpc) is 2.78. The summed E-state index contributed by atoms with van der Waals surface area (Å²) in [6.07, 6.45) is 0. The number of phenolic OH excluding ortho intramolecular Hbond substituents is 1. The van der Waals surface area contributed by atoms with Crippen molar-refractivity contribution in [1.29, 1.82) is 0 Å². The van der Waals surface area contributed by atoms with Gasteiger partial charge in [-0.05, 0) is 73.7 Å². The zero-order chi connectivity index (χ0) is 22.7. The average molecular weight is 424 g/mol. The van der Waals surface area contributed by atoms with E-state index < -0.39 is 0 Å². The van der Waals surface area contributed by atoms with Gasteiger partial charge in [0.2, 0.25) is 0 Å². The van der Waals surface area contributed by atoms with E-state index in [0.29, 0.717) is 6.54 Å². The van der Waals surface area contributed by atoms with Crippen LogP contribution in [0.5, 0.6) is 17.2 Å². The Kier molecular flexibility index (Phi) is 6.18. The van der Waals surface area contributed by atoms with Crippen LogP contribution in [-0.2, 0) is 6.54 Å². The van der Waals surface area contributed by atoms with Crippen molar-refractivity contribution >= 4 is 5.69 Å². The quantitative estimate of drug-likeness (QED) is 0.334. The molecular formula is C29H29NO2. The largest absolute Gasteiger partial charge is 0.508 e. The van der Waals surface area contributed by atoms with E-state index in [-0.39, 0.29) is 5.75 Å². The number of benzene rings is 4. The smallest absolute Gasteiger partial charge is 0.154 e. The van der Waals surface area contributed by atoms with Crippen LogP contribution < -0.4 is 10.1 Å². The van der Waals surface area contributed by atoms with Crippen molar-refractivity contribution in [3.63, 3.8) is 0 Å². The van der Waals surface area contributed by atoms with Crippen molar-refractivity contribution < 1.29 is 9.84 Å². The highest BCUT2D eigenvalue weighted by Gasteiger charge is 2.18. The van der Waals surface area contributed by atoms with Crippen LogP contribution in [0, 0.1) is 27.7 Å². The Labute approximate surface area is 190 Å². The summed E-state index contributed by atoms with van der Waals surface area (Å²) in [5.41, 5.74) is 8.62. The Morgan fingerprint density at radius 2 is 1.38 bits per heavy atom. The minimum absolute atomic E-state index is 0.285. The normalized spacial score (nSPS) is 10.8. The second-order valence-electron chi connectivity index (χ2n) is 8.23. The van der Waals surface area contributed by atoms with E-state index in [0.717, 1.165) is 45.0 Å². The molecule has 4 aromatic carbocycles. The first-order chi connectivity index (χ1) is 15.5. The molecule has 162 valence electrons. The molecule has 0 aliphatic rings. The third-order valence-corrected chi connectivity index (χ3v) is 5.91. The van der Waals surface area contributed by atoms with E-state index in [1.54, 1.807) is 6.07 Å². The lowest BCUT2D eigenvalue weighted by Crippen LogP contribution is -2.06. The highest BCUT2D eigenvalue weighted by atomic mass is 16.5. The molecule has 0 spiro atoms. The van der Waals surface area contributed by atoms with Gasteiger partial charge in [-0.1, -0.05) is 60.7 Å². The van der Waals surface area contributed by atoms with E-state index in [9.17, 15) is 5.11 Å². The lowest BCUT2D eigenvalue weighted by atomic mass is 9.93. The topological polar surface area (TPSA) is 41.5 Å². The molecule has 0 bridgehead atoms. The van der Waals surface area contributed by atoms with Gasteiger partial charge in [0.05, 0.1) is 5.69 Å². The standard InChI is InChI=1S/C29H29NO2/c1-19-11-5-8-14-24(19)25-17-21(3)28(30-18-23-13-7-9-15-26(23)31)29(22(25)4)32-27-16-10-6-12-20(27)2/h5-17,30-31H,18H2,1-4H3. The maximum Gasteiger partial charge on any atom is 0.154 e. The fourth-order valence-corrected chi connectivity index (χ4v) is 4.01. The monoisotopic (exact) mass is 423 g/mol. The number of hydrogen-bond acceptors (Lipinski definition) is 3. The number of hydrogen-bond donors (Lipinski definition) is 2. The van der Waals surface area contributed by atoms with Crippen molar-refractivity contribution in [2.45, 2.75) is 34.2 Å². The van der Waals surface area contributed by atoms with Gasteiger partial charge < -0.3 is 15.2 Å². The lowest BCUT2D eigenvalue weighted by molar-refractivity contribution is 0.468. The van der Waals surface area contributed by atoms with Crippen LogP contribution in [-0.4, -0.2) is 5.11 Å². The number of anilines is 1. The fraction of sp³-hybridized carbons (Fsp3) is 0.172. The van der Waals surface area contributed by atoms with Crippen LogP contribution in [0.15, 0.2) is 78.9 Å². The van der Waals surface area contributed by atoms with Crippen LogP contribution in [0.25, 0.3) is 11.1 Å².